The molecule has 8 heteroatoms. The quantitative estimate of drug-likeness (QED) is 0.706. The normalized spacial score (nSPS) is 10.6. The Bertz CT molecular complexity index is 973. The number of furan rings is 1. The first-order chi connectivity index (χ1) is 12.4. The summed E-state index contributed by atoms with van der Waals surface area (Å²) in [6.45, 7) is 5.10. The van der Waals surface area contributed by atoms with Crippen LogP contribution in [0.5, 0.6) is 0 Å². The molecule has 0 saturated carbocycles. The molecule has 2 heterocycles. The second kappa shape index (κ2) is 6.83. The molecule has 0 fully saturated rings. The Morgan fingerprint density at radius 3 is 2.23 bits per heavy atom. The van der Waals surface area contributed by atoms with Gasteiger partial charge in [0.15, 0.2) is 0 Å². The number of hydrogen-bond acceptors (Lipinski definition) is 4. The molecule has 3 rings (SSSR count). The van der Waals surface area contributed by atoms with Gasteiger partial charge >= 0.3 is 0 Å². The predicted octanol–water partition coefficient (Wildman–Crippen LogP) is 2.60. The van der Waals surface area contributed by atoms with E-state index < -0.39 is 11.8 Å². The van der Waals surface area contributed by atoms with Gasteiger partial charge in [-0.1, -0.05) is 0 Å². The van der Waals surface area contributed by atoms with E-state index in [1.807, 2.05) is 0 Å². The second-order valence-corrected chi connectivity index (χ2v) is 5.77. The minimum atomic E-state index is -0.512. The molecule has 1 aromatic carbocycles. The van der Waals surface area contributed by atoms with E-state index in [1.165, 1.54) is 23.0 Å². The van der Waals surface area contributed by atoms with Crippen LogP contribution >= 0.6 is 0 Å². The molecular formula is C18H17FN4O3. The first-order valence-electron chi connectivity index (χ1n) is 7.85. The molecule has 0 bridgehead atoms. The van der Waals surface area contributed by atoms with E-state index in [0.717, 1.165) is 0 Å². The number of hydrogen-bond donors (Lipinski definition) is 2. The van der Waals surface area contributed by atoms with Crippen LogP contribution in [0.3, 0.4) is 0 Å². The molecule has 0 aliphatic carbocycles. The fourth-order valence-electron chi connectivity index (χ4n) is 2.58. The number of aryl methyl sites for hydroxylation is 2. The number of rotatable bonds is 3. The fraction of sp³-hybridized carbons (Fsp3) is 0.167. The maximum absolute atomic E-state index is 13.0. The summed E-state index contributed by atoms with van der Waals surface area (Å²) in [7, 11) is 0. The van der Waals surface area contributed by atoms with Gasteiger partial charge in [0.05, 0.1) is 28.7 Å². The molecule has 0 saturated heterocycles. The minimum absolute atomic E-state index is 0.287. The summed E-state index contributed by atoms with van der Waals surface area (Å²) in [6.07, 6.45) is 1.38. The van der Waals surface area contributed by atoms with Crippen molar-refractivity contribution in [3.8, 4) is 5.69 Å². The van der Waals surface area contributed by atoms with Crippen LogP contribution in [0.1, 0.15) is 37.9 Å². The summed E-state index contributed by atoms with van der Waals surface area (Å²) in [4.78, 5) is 24.4. The molecule has 134 valence electrons. The Labute approximate surface area is 148 Å². The maximum atomic E-state index is 13.0. The summed E-state index contributed by atoms with van der Waals surface area (Å²) < 4.78 is 19.8. The lowest BCUT2D eigenvalue weighted by atomic mass is 10.2. The molecule has 0 radical (unpaired) electrons. The molecule has 0 aliphatic heterocycles. The van der Waals surface area contributed by atoms with Gasteiger partial charge < -0.3 is 4.42 Å². The predicted molar refractivity (Wildman–Crippen MR) is 91.4 cm³/mol. The van der Waals surface area contributed by atoms with E-state index in [1.54, 1.807) is 39.0 Å². The van der Waals surface area contributed by atoms with E-state index in [9.17, 15) is 14.0 Å². The number of amides is 2. The van der Waals surface area contributed by atoms with Crippen LogP contribution in [0.25, 0.3) is 5.69 Å². The van der Waals surface area contributed by atoms with Gasteiger partial charge in [0.2, 0.25) is 0 Å². The summed E-state index contributed by atoms with van der Waals surface area (Å²) >= 11 is 0. The minimum Gasteiger partial charge on any atom is -0.466 e. The van der Waals surface area contributed by atoms with Crippen molar-refractivity contribution in [2.45, 2.75) is 20.8 Å². The lowest BCUT2D eigenvalue weighted by Gasteiger charge is -2.07. The van der Waals surface area contributed by atoms with Gasteiger partial charge in [0.1, 0.15) is 17.3 Å². The van der Waals surface area contributed by atoms with Gasteiger partial charge in [-0.2, -0.15) is 5.10 Å². The van der Waals surface area contributed by atoms with E-state index in [-0.39, 0.29) is 11.4 Å². The zero-order valence-electron chi connectivity index (χ0n) is 14.5. The summed E-state index contributed by atoms with van der Waals surface area (Å²) in [5.41, 5.74) is 6.52. The third-order valence-electron chi connectivity index (χ3n) is 3.90. The van der Waals surface area contributed by atoms with Crippen molar-refractivity contribution in [3.63, 3.8) is 0 Å². The van der Waals surface area contributed by atoms with Gasteiger partial charge in [-0.15, -0.1) is 0 Å². The van der Waals surface area contributed by atoms with Crippen molar-refractivity contribution in [2.24, 2.45) is 0 Å². The number of nitrogens with zero attached hydrogens (tertiary/aromatic N) is 2. The molecule has 2 aromatic heterocycles. The average Bonchev–Trinajstić information content (AvgIpc) is 3.15. The molecule has 0 unspecified atom stereocenters. The van der Waals surface area contributed by atoms with E-state index in [4.69, 9.17) is 4.42 Å². The smallest absolute Gasteiger partial charge is 0.273 e. The number of benzene rings is 1. The van der Waals surface area contributed by atoms with Crippen LogP contribution < -0.4 is 10.9 Å². The van der Waals surface area contributed by atoms with Crippen molar-refractivity contribution in [1.29, 1.82) is 0 Å². The number of carbonyl (C=O) groups is 2. The van der Waals surface area contributed by atoms with Crippen LogP contribution in [0, 0.1) is 26.6 Å². The Morgan fingerprint density at radius 1 is 1.04 bits per heavy atom. The van der Waals surface area contributed by atoms with Crippen molar-refractivity contribution in [2.75, 3.05) is 0 Å². The lowest BCUT2D eigenvalue weighted by Crippen LogP contribution is -2.41. The van der Waals surface area contributed by atoms with Crippen molar-refractivity contribution in [1.82, 2.24) is 20.6 Å². The zero-order valence-corrected chi connectivity index (χ0v) is 14.5. The number of nitrogens with one attached hydrogen (secondary N) is 2. The fourth-order valence-corrected chi connectivity index (χ4v) is 2.58. The highest BCUT2D eigenvalue weighted by Crippen LogP contribution is 2.15. The highest BCUT2D eigenvalue weighted by molar-refractivity contribution is 6.00. The largest absolute Gasteiger partial charge is 0.466 e. The molecule has 0 atom stereocenters. The molecule has 26 heavy (non-hydrogen) atoms. The van der Waals surface area contributed by atoms with Crippen molar-refractivity contribution in [3.05, 3.63) is 70.7 Å². The van der Waals surface area contributed by atoms with Crippen LogP contribution in [0.2, 0.25) is 0 Å². The van der Waals surface area contributed by atoms with Gasteiger partial charge in [-0.25, -0.2) is 9.07 Å². The number of hydrazine groups is 1. The van der Waals surface area contributed by atoms with E-state index in [2.05, 4.69) is 16.0 Å². The van der Waals surface area contributed by atoms with Crippen LogP contribution in [-0.2, 0) is 0 Å². The van der Waals surface area contributed by atoms with Gasteiger partial charge in [0, 0.05) is 0 Å². The summed E-state index contributed by atoms with van der Waals surface area (Å²) in [6, 6.07) is 7.33. The molecule has 7 nitrogen and oxygen atoms in total. The van der Waals surface area contributed by atoms with Crippen LogP contribution in [-0.4, -0.2) is 21.6 Å². The van der Waals surface area contributed by atoms with Gasteiger partial charge in [-0.3, -0.25) is 20.4 Å². The van der Waals surface area contributed by atoms with Crippen molar-refractivity contribution >= 4 is 11.8 Å². The molecular weight excluding hydrogens is 339 g/mol. The molecule has 2 amide bonds. The van der Waals surface area contributed by atoms with Crippen molar-refractivity contribution < 1.29 is 18.4 Å². The number of halogens is 1. The first-order valence-corrected chi connectivity index (χ1v) is 7.85. The van der Waals surface area contributed by atoms with E-state index >= 15 is 0 Å². The molecule has 3 aromatic rings. The SMILES string of the molecule is Cc1cc(C(=O)NNC(=O)c2cnn(-c3ccc(F)cc3)c2C)c(C)o1. The molecule has 2 N–H and O–H groups in total. The second-order valence-electron chi connectivity index (χ2n) is 5.77. The highest BCUT2D eigenvalue weighted by Gasteiger charge is 2.18. The standard InChI is InChI=1S/C18H17FN4O3/c1-10-8-15(12(3)26-10)17(24)21-22-18(25)16-9-20-23(11(16)2)14-6-4-13(19)5-7-14/h4-9H,1-3H3,(H,21,24)(H,22,25). The zero-order chi connectivity index (χ0) is 18.8. The Balaban J connectivity index is 1.72. The summed E-state index contributed by atoms with van der Waals surface area (Å²) in [5, 5.41) is 4.15. The highest BCUT2D eigenvalue weighted by atomic mass is 19.1. The lowest BCUT2D eigenvalue weighted by molar-refractivity contribution is 0.0845. The monoisotopic (exact) mass is 356 g/mol. The Hall–Kier alpha value is -3.42. The van der Waals surface area contributed by atoms with Gasteiger partial charge in [0.25, 0.3) is 11.8 Å². The third kappa shape index (κ3) is 3.34. The first kappa shape index (κ1) is 17.4. The van der Waals surface area contributed by atoms with Crippen LogP contribution in [0.15, 0.2) is 40.9 Å². The Kier molecular flexibility index (Phi) is 4.57. The molecule has 0 spiro atoms. The van der Waals surface area contributed by atoms with E-state index in [0.29, 0.717) is 28.5 Å². The topological polar surface area (TPSA) is 89.2 Å². The maximum Gasteiger partial charge on any atom is 0.273 e. The van der Waals surface area contributed by atoms with Gasteiger partial charge in [-0.05, 0) is 51.1 Å². The number of aromatic nitrogens is 2. The molecule has 0 aliphatic rings. The number of carbonyl (C=O) groups excluding carboxylic acids is 2. The third-order valence-corrected chi connectivity index (χ3v) is 3.90. The van der Waals surface area contributed by atoms with Crippen LogP contribution in [0.4, 0.5) is 4.39 Å². The summed E-state index contributed by atoms with van der Waals surface area (Å²) in [5.74, 6) is -0.271. The average molecular weight is 356 g/mol. The Morgan fingerprint density at radius 2 is 1.65 bits per heavy atom.